The molecule has 1 aromatic carbocycles. The Bertz CT molecular complexity index is 495. The van der Waals surface area contributed by atoms with Gasteiger partial charge in [0.05, 0.1) is 0 Å². The highest BCUT2D eigenvalue weighted by atomic mass is 35.5. The van der Waals surface area contributed by atoms with Crippen LogP contribution < -0.4 is 5.32 Å². The number of anilines is 1. The van der Waals surface area contributed by atoms with E-state index in [2.05, 4.69) is 5.32 Å². The summed E-state index contributed by atoms with van der Waals surface area (Å²) in [4.78, 5) is 11.8. The molecule has 1 aromatic rings. The summed E-state index contributed by atoms with van der Waals surface area (Å²) in [6.45, 7) is 6.04. The average molecular weight is 302 g/mol. The second kappa shape index (κ2) is 6.53. The van der Waals surface area contributed by atoms with Crippen molar-refractivity contribution in [1.29, 1.82) is 0 Å². The summed E-state index contributed by atoms with van der Waals surface area (Å²) in [6.07, 6.45) is 2.08. The number of nitrogens with one attached hydrogen (secondary N) is 1. The summed E-state index contributed by atoms with van der Waals surface area (Å²) in [5.41, 5.74) is 1.43. The summed E-state index contributed by atoms with van der Waals surface area (Å²) < 4.78 is 11.3. The molecule has 0 saturated heterocycles. The predicted octanol–water partition coefficient (Wildman–Crippen LogP) is 3.59. The Morgan fingerprint density at radius 3 is 2.53 bits per heavy atom. The molecular weight excluding hydrogens is 282 g/mol. The van der Waals surface area contributed by atoms with Crippen LogP contribution in [0.25, 0.3) is 0 Å². The number of rotatable bonds is 4. The first-order valence-corrected chi connectivity index (χ1v) is 8.16. The molecule has 1 rings (SSSR count). The third kappa shape index (κ3) is 6.21. The molecule has 19 heavy (non-hydrogen) atoms. The highest BCUT2D eigenvalue weighted by Crippen LogP contribution is 2.23. The summed E-state index contributed by atoms with van der Waals surface area (Å²) in [5.74, 6) is 0.361. The van der Waals surface area contributed by atoms with Crippen molar-refractivity contribution < 1.29 is 9.00 Å². The quantitative estimate of drug-likeness (QED) is 0.923. The van der Waals surface area contributed by atoms with Gasteiger partial charge in [-0.1, -0.05) is 32.4 Å². The Morgan fingerprint density at radius 2 is 2.00 bits per heavy atom. The molecule has 1 N–H and O–H groups in total. The number of hydrogen-bond acceptors (Lipinski definition) is 2. The van der Waals surface area contributed by atoms with Crippen LogP contribution in [0.5, 0.6) is 0 Å². The zero-order valence-electron chi connectivity index (χ0n) is 11.7. The van der Waals surface area contributed by atoms with E-state index >= 15 is 0 Å². The predicted molar refractivity (Wildman–Crippen MR) is 81.9 cm³/mol. The van der Waals surface area contributed by atoms with Gasteiger partial charge >= 0.3 is 0 Å². The minimum absolute atomic E-state index is 0.0293. The van der Waals surface area contributed by atoms with Crippen molar-refractivity contribution in [2.75, 3.05) is 11.6 Å². The molecule has 0 aromatic heterocycles. The van der Waals surface area contributed by atoms with Gasteiger partial charge in [0.2, 0.25) is 5.91 Å². The Labute approximate surface area is 122 Å². The molecule has 3 nitrogen and oxygen atoms in total. The van der Waals surface area contributed by atoms with Crippen LogP contribution in [0.4, 0.5) is 5.69 Å². The van der Waals surface area contributed by atoms with Crippen LogP contribution >= 0.6 is 11.6 Å². The van der Waals surface area contributed by atoms with Crippen molar-refractivity contribution >= 4 is 34.0 Å². The van der Waals surface area contributed by atoms with Gasteiger partial charge in [0.1, 0.15) is 0 Å². The molecule has 0 aliphatic rings. The minimum Gasteiger partial charge on any atom is -0.326 e. The van der Waals surface area contributed by atoms with Gasteiger partial charge in [-0.25, -0.2) is 0 Å². The number of hydrogen-bond donors (Lipinski definition) is 1. The number of benzene rings is 1. The molecule has 106 valence electrons. The van der Waals surface area contributed by atoms with Crippen LogP contribution in [-0.2, 0) is 21.3 Å². The standard InChI is InChI=1S/C14H20ClNO2S/c1-14(2,3)8-13(17)16-11-5-6-12(15)10(7-11)9-19(4)18/h5-7H,8-9H2,1-4H3,(H,16,17)/t19-/m0/s1. The first-order valence-electron chi connectivity index (χ1n) is 6.06. The Hall–Kier alpha value is -0.870. The summed E-state index contributed by atoms with van der Waals surface area (Å²) >= 11 is 6.04. The second-order valence-corrected chi connectivity index (χ2v) is 7.65. The smallest absolute Gasteiger partial charge is 0.224 e. The molecule has 0 unspecified atom stereocenters. The van der Waals surface area contributed by atoms with Crippen LogP contribution in [0.2, 0.25) is 5.02 Å². The first kappa shape index (κ1) is 16.2. The summed E-state index contributed by atoms with van der Waals surface area (Å²) in [5, 5.41) is 3.42. The molecule has 0 aliphatic carbocycles. The van der Waals surface area contributed by atoms with Gasteiger partial charge in [-0.2, -0.15) is 0 Å². The lowest BCUT2D eigenvalue weighted by Crippen LogP contribution is -2.19. The Morgan fingerprint density at radius 1 is 1.37 bits per heavy atom. The van der Waals surface area contributed by atoms with E-state index in [1.807, 2.05) is 20.8 Å². The average Bonchev–Trinajstić information content (AvgIpc) is 2.19. The highest BCUT2D eigenvalue weighted by Gasteiger charge is 2.16. The maximum Gasteiger partial charge on any atom is 0.224 e. The van der Waals surface area contributed by atoms with Gasteiger partial charge in [0.25, 0.3) is 0 Å². The van der Waals surface area contributed by atoms with E-state index in [9.17, 15) is 9.00 Å². The van der Waals surface area contributed by atoms with Crippen LogP contribution in [0.15, 0.2) is 18.2 Å². The van der Waals surface area contributed by atoms with Crippen LogP contribution in [0.3, 0.4) is 0 Å². The van der Waals surface area contributed by atoms with Gasteiger partial charge in [-0.05, 0) is 29.2 Å². The van der Waals surface area contributed by atoms with Crippen LogP contribution in [0.1, 0.15) is 32.8 Å². The molecule has 0 spiro atoms. The van der Waals surface area contributed by atoms with Gasteiger partial charge in [0.15, 0.2) is 0 Å². The van der Waals surface area contributed by atoms with Crippen molar-refractivity contribution in [3.63, 3.8) is 0 Å². The minimum atomic E-state index is -0.961. The monoisotopic (exact) mass is 301 g/mol. The Balaban J connectivity index is 2.79. The molecule has 0 radical (unpaired) electrons. The maximum atomic E-state index is 11.8. The van der Waals surface area contributed by atoms with Crippen molar-refractivity contribution in [1.82, 2.24) is 0 Å². The molecule has 0 bridgehead atoms. The van der Waals surface area contributed by atoms with Gasteiger partial charge < -0.3 is 5.32 Å². The van der Waals surface area contributed by atoms with E-state index in [1.165, 1.54) is 0 Å². The maximum absolute atomic E-state index is 11.8. The summed E-state index contributed by atoms with van der Waals surface area (Å²) in [6, 6.07) is 5.26. The van der Waals surface area contributed by atoms with Crippen molar-refractivity contribution in [2.45, 2.75) is 32.9 Å². The molecule has 0 aliphatic heterocycles. The lowest BCUT2D eigenvalue weighted by Gasteiger charge is -2.17. The second-order valence-electron chi connectivity index (χ2n) is 5.81. The number of carbonyl (C=O) groups excluding carboxylic acids is 1. The van der Waals surface area contributed by atoms with Crippen LogP contribution in [0, 0.1) is 5.41 Å². The largest absolute Gasteiger partial charge is 0.326 e. The molecule has 0 heterocycles. The Kier molecular flexibility index (Phi) is 5.56. The lowest BCUT2D eigenvalue weighted by atomic mass is 9.92. The SMILES string of the molecule is C[S@](=O)Cc1cc(NC(=O)CC(C)(C)C)ccc1Cl. The van der Waals surface area contributed by atoms with E-state index in [1.54, 1.807) is 24.5 Å². The third-order valence-electron chi connectivity index (χ3n) is 2.38. The highest BCUT2D eigenvalue weighted by molar-refractivity contribution is 7.83. The fourth-order valence-corrected chi connectivity index (χ4v) is 2.61. The van der Waals surface area contributed by atoms with Crippen molar-refractivity contribution in [3.05, 3.63) is 28.8 Å². The summed E-state index contributed by atoms with van der Waals surface area (Å²) in [7, 11) is -0.961. The van der Waals surface area contributed by atoms with E-state index in [-0.39, 0.29) is 11.3 Å². The molecule has 0 saturated carbocycles. The van der Waals surface area contributed by atoms with Crippen molar-refractivity contribution in [3.8, 4) is 0 Å². The van der Waals surface area contributed by atoms with E-state index in [4.69, 9.17) is 11.6 Å². The third-order valence-corrected chi connectivity index (χ3v) is 3.47. The van der Waals surface area contributed by atoms with Gasteiger partial charge in [-0.3, -0.25) is 9.00 Å². The lowest BCUT2D eigenvalue weighted by molar-refractivity contribution is -0.117. The zero-order chi connectivity index (χ0) is 14.6. The molecule has 5 heteroatoms. The van der Waals surface area contributed by atoms with Crippen molar-refractivity contribution in [2.24, 2.45) is 5.41 Å². The van der Waals surface area contributed by atoms with E-state index in [0.717, 1.165) is 5.56 Å². The molecule has 1 atom stereocenters. The number of halogens is 1. The van der Waals surface area contributed by atoms with Gasteiger partial charge in [-0.15, -0.1) is 0 Å². The van der Waals surface area contributed by atoms with Crippen LogP contribution in [-0.4, -0.2) is 16.4 Å². The fraction of sp³-hybridized carbons (Fsp3) is 0.500. The van der Waals surface area contributed by atoms with Gasteiger partial charge in [0, 0.05) is 39.9 Å². The number of amides is 1. The molecule has 1 amide bonds. The van der Waals surface area contributed by atoms with E-state index in [0.29, 0.717) is 22.9 Å². The fourth-order valence-electron chi connectivity index (χ4n) is 1.67. The topological polar surface area (TPSA) is 46.2 Å². The van der Waals surface area contributed by atoms with E-state index < -0.39 is 10.8 Å². The molecular formula is C14H20ClNO2S. The zero-order valence-corrected chi connectivity index (χ0v) is 13.3. The normalized spacial score (nSPS) is 13.1. The first-order chi connectivity index (χ1) is 8.67. The number of carbonyl (C=O) groups is 1. The molecule has 0 fully saturated rings.